The molecule has 0 spiro atoms. The summed E-state index contributed by atoms with van der Waals surface area (Å²) < 4.78 is 12.3. The van der Waals surface area contributed by atoms with E-state index < -0.39 is 8.32 Å². The van der Waals surface area contributed by atoms with Gasteiger partial charge in [-0.05, 0) is 26.6 Å². The number of hydrogen-bond acceptors (Lipinski definition) is 2. The van der Waals surface area contributed by atoms with Crippen molar-refractivity contribution >= 4 is 8.32 Å². The molecule has 0 atom stereocenters. The Balaban J connectivity index is 3.33. The van der Waals surface area contributed by atoms with Gasteiger partial charge in [-0.3, -0.25) is 0 Å². The molecule has 0 saturated carbocycles. The smallest absolute Gasteiger partial charge is 0.183 e. The van der Waals surface area contributed by atoms with Crippen LogP contribution in [-0.2, 0) is 9.16 Å². The molecule has 0 bridgehead atoms. The number of nitrogens with zero attached hydrogens (tertiary/aromatic N) is 1. The van der Waals surface area contributed by atoms with E-state index in [0.29, 0.717) is 0 Å². The average Bonchev–Trinajstić information content (AvgIpc) is 2.09. The summed E-state index contributed by atoms with van der Waals surface area (Å²) >= 11 is 0. The van der Waals surface area contributed by atoms with Crippen molar-refractivity contribution in [2.45, 2.75) is 26.6 Å². The molecule has 0 unspecified atom stereocenters. The van der Waals surface area contributed by atoms with Crippen LogP contribution < -0.4 is 0 Å². The molecule has 15 heavy (non-hydrogen) atoms. The van der Waals surface area contributed by atoms with Gasteiger partial charge in [-0.15, -0.1) is 0 Å². The molecular formula is C11H28NO2Si+. The Kier molecular flexibility index (Phi) is 6.67. The molecule has 0 saturated heterocycles. The van der Waals surface area contributed by atoms with Gasteiger partial charge in [0, 0.05) is 0 Å². The highest BCUT2D eigenvalue weighted by atomic mass is 28.4. The maximum absolute atomic E-state index is 5.70. The highest BCUT2D eigenvalue weighted by Crippen LogP contribution is 2.01. The Labute approximate surface area is 96.1 Å². The standard InChI is InChI=1S/C11H28NO2Si/c1-7-12(2,3)8-9-13-10-11-14-15(4,5)6/h7-11H2,1-6H3/q+1. The molecule has 0 heterocycles. The monoisotopic (exact) mass is 234 g/mol. The summed E-state index contributed by atoms with van der Waals surface area (Å²) in [4.78, 5) is 0. The lowest BCUT2D eigenvalue weighted by Gasteiger charge is -2.28. The van der Waals surface area contributed by atoms with Crippen LogP contribution >= 0.6 is 0 Å². The van der Waals surface area contributed by atoms with Gasteiger partial charge in [-0.1, -0.05) is 0 Å². The first-order valence-corrected chi connectivity index (χ1v) is 9.21. The van der Waals surface area contributed by atoms with E-state index in [1.165, 1.54) is 0 Å². The van der Waals surface area contributed by atoms with Gasteiger partial charge < -0.3 is 13.6 Å². The maximum Gasteiger partial charge on any atom is 0.183 e. The second-order valence-electron chi connectivity index (χ2n) is 5.55. The normalized spacial score (nSPS) is 13.2. The number of hydrogen-bond donors (Lipinski definition) is 0. The predicted octanol–water partition coefficient (Wildman–Crippen LogP) is 1.95. The van der Waals surface area contributed by atoms with Crippen molar-refractivity contribution in [3.63, 3.8) is 0 Å². The third-order valence-electron chi connectivity index (χ3n) is 2.46. The molecule has 0 rings (SSSR count). The summed E-state index contributed by atoms with van der Waals surface area (Å²) in [6.45, 7) is 13.3. The molecule has 4 heteroatoms. The lowest BCUT2D eigenvalue weighted by Crippen LogP contribution is -2.42. The Morgan fingerprint density at radius 2 is 1.60 bits per heavy atom. The second-order valence-corrected chi connectivity index (χ2v) is 10.1. The molecule has 0 radical (unpaired) electrons. The molecule has 0 aliphatic heterocycles. The molecule has 0 aromatic rings. The summed E-state index contributed by atoms with van der Waals surface area (Å²) in [6, 6.07) is 0. The van der Waals surface area contributed by atoms with Gasteiger partial charge in [0.05, 0.1) is 40.5 Å². The summed E-state index contributed by atoms with van der Waals surface area (Å²) in [5.74, 6) is 0. The van der Waals surface area contributed by atoms with Crippen LogP contribution in [0, 0.1) is 0 Å². The Morgan fingerprint density at radius 1 is 1.00 bits per heavy atom. The number of likely N-dealkylation sites (N-methyl/N-ethyl adjacent to an activating group) is 1. The molecule has 92 valence electrons. The lowest BCUT2D eigenvalue weighted by atomic mass is 10.4. The van der Waals surface area contributed by atoms with Gasteiger partial charge in [0.1, 0.15) is 6.54 Å². The van der Waals surface area contributed by atoms with Crippen molar-refractivity contribution < 1.29 is 13.6 Å². The van der Waals surface area contributed by atoms with E-state index in [1.54, 1.807) is 0 Å². The first kappa shape index (κ1) is 15.1. The van der Waals surface area contributed by atoms with Crippen molar-refractivity contribution in [1.29, 1.82) is 0 Å². The first-order valence-electron chi connectivity index (χ1n) is 5.80. The van der Waals surface area contributed by atoms with Crippen molar-refractivity contribution in [3.8, 4) is 0 Å². The largest absolute Gasteiger partial charge is 0.415 e. The van der Waals surface area contributed by atoms with Crippen LogP contribution in [0.2, 0.25) is 19.6 Å². The summed E-state index contributed by atoms with van der Waals surface area (Å²) in [5.41, 5.74) is 0. The van der Waals surface area contributed by atoms with E-state index >= 15 is 0 Å². The molecule has 0 N–H and O–H groups in total. The number of quaternary nitrogens is 1. The minimum atomic E-state index is -1.34. The second kappa shape index (κ2) is 6.63. The lowest BCUT2D eigenvalue weighted by molar-refractivity contribution is -0.888. The molecule has 0 amide bonds. The predicted molar refractivity (Wildman–Crippen MR) is 67.6 cm³/mol. The van der Waals surface area contributed by atoms with Crippen molar-refractivity contribution in [3.05, 3.63) is 0 Å². The summed E-state index contributed by atoms with van der Waals surface area (Å²) in [6.07, 6.45) is 0. The van der Waals surface area contributed by atoms with E-state index in [2.05, 4.69) is 40.7 Å². The molecule has 0 aromatic carbocycles. The SMILES string of the molecule is CC[N+](C)(C)CCOCCO[Si](C)(C)C. The average molecular weight is 234 g/mol. The fourth-order valence-electron chi connectivity index (χ4n) is 0.979. The third kappa shape index (κ3) is 10.4. The Bertz CT molecular complexity index is 166. The zero-order chi connectivity index (χ0) is 11.9. The van der Waals surface area contributed by atoms with E-state index in [9.17, 15) is 0 Å². The van der Waals surface area contributed by atoms with E-state index in [-0.39, 0.29) is 0 Å². The quantitative estimate of drug-likeness (QED) is 0.363. The molecule has 3 nitrogen and oxygen atoms in total. The van der Waals surface area contributed by atoms with Crippen LogP contribution in [0.5, 0.6) is 0 Å². The first-order chi connectivity index (χ1) is 6.77. The van der Waals surface area contributed by atoms with E-state index in [0.717, 1.165) is 37.4 Å². The highest BCUT2D eigenvalue weighted by Gasteiger charge is 2.14. The van der Waals surface area contributed by atoms with Crippen LogP contribution in [0.15, 0.2) is 0 Å². The fraction of sp³-hybridized carbons (Fsp3) is 1.00. The van der Waals surface area contributed by atoms with Crippen LogP contribution in [0.3, 0.4) is 0 Å². The zero-order valence-corrected chi connectivity index (χ0v) is 12.3. The Hall–Kier alpha value is 0.0969. The van der Waals surface area contributed by atoms with Crippen molar-refractivity contribution in [2.75, 3.05) is 47.0 Å². The van der Waals surface area contributed by atoms with Gasteiger partial charge in [-0.2, -0.15) is 0 Å². The van der Waals surface area contributed by atoms with Gasteiger partial charge >= 0.3 is 0 Å². The molecule has 0 aromatic heterocycles. The maximum atomic E-state index is 5.70. The van der Waals surface area contributed by atoms with Gasteiger partial charge in [0.2, 0.25) is 0 Å². The fourth-order valence-corrected chi connectivity index (χ4v) is 1.67. The van der Waals surface area contributed by atoms with E-state index in [4.69, 9.17) is 9.16 Å². The van der Waals surface area contributed by atoms with Gasteiger partial charge in [0.25, 0.3) is 0 Å². The summed E-state index contributed by atoms with van der Waals surface area (Å²) in [5, 5.41) is 0. The number of ether oxygens (including phenoxy) is 1. The van der Waals surface area contributed by atoms with Crippen LogP contribution in [0.25, 0.3) is 0 Å². The third-order valence-corrected chi connectivity index (χ3v) is 3.53. The van der Waals surface area contributed by atoms with Gasteiger partial charge in [0.15, 0.2) is 8.32 Å². The topological polar surface area (TPSA) is 18.5 Å². The van der Waals surface area contributed by atoms with Crippen molar-refractivity contribution in [2.24, 2.45) is 0 Å². The van der Waals surface area contributed by atoms with E-state index in [1.807, 2.05) is 0 Å². The molecule has 0 aliphatic carbocycles. The molecule has 0 aliphatic rings. The molecular weight excluding hydrogens is 206 g/mol. The molecule has 0 fully saturated rings. The zero-order valence-electron chi connectivity index (χ0n) is 11.3. The van der Waals surface area contributed by atoms with Gasteiger partial charge in [-0.25, -0.2) is 0 Å². The summed E-state index contributed by atoms with van der Waals surface area (Å²) in [7, 11) is 3.10. The number of rotatable bonds is 8. The van der Waals surface area contributed by atoms with Crippen LogP contribution in [0.4, 0.5) is 0 Å². The van der Waals surface area contributed by atoms with Crippen molar-refractivity contribution in [1.82, 2.24) is 0 Å². The van der Waals surface area contributed by atoms with Crippen LogP contribution in [-0.4, -0.2) is 59.8 Å². The Morgan fingerprint density at radius 3 is 2.07 bits per heavy atom. The van der Waals surface area contributed by atoms with Crippen LogP contribution in [0.1, 0.15) is 6.92 Å². The minimum absolute atomic E-state index is 0.730. The minimum Gasteiger partial charge on any atom is -0.415 e. The highest BCUT2D eigenvalue weighted by molar-refractivity contribution is 6.69.